The molecule has 4 nitrogen and oxygen atoms in total. The maximum Gasteiger partial charge on any atom is 0.352 e. The summed E-state index contributed by atoms with van der Waals surface area (Å²) >= 11 is 5.95. The molecule has 3 aromatic rings. The summed E-state index contributed by atoms with van der Waals surface area (Å²) in [6.45, 7) is 0. The molecule has 0 aliphatic carbocycles. The molecule has 2 heterocycles. The summed E-state index contributed by atoms with van der Waals surface area (Å²) < 4.78 is 1.65. The van der Waals surface area contributed by atoms with Crippen LogP contribution >= 0.6 is 11.6 Å². The van der Waals surface area contributed by atoms with Gasteiger partial charge in [-0.2, -0.15) is 0 Å². The minimum Gasteiger partial charge on any atom is -0.477 e. The highest BCUT2D eigenvalue weighted by molar-refractivity contribution is 6.31. The molecular weight excluding hydrogens is 264 g/mol. The van der Waals surface area contributed by atoms with Crippen molar-refractivity contribution < 1.29 is 9.90 Å². The number of aromatic amines is 1. The van der Waals surface area contributed by atoms with Crippen LogP contribution in [-0.4, -0.2) is 20.6 Å². The van der Waals surface area contributed by atoms with Gasteiger partial charge in [0.1, 0.15) is 5.69 Å². The van der Waals surface area contributed by atoms with Crippen molar-refractivity contribution in [2.45, 2.75) is 0 Å². The third-order valence-corrected chi connectivity index (χ3v) is 3.43. The molecule has 0 unspecified atom stereocenters. The molecule has 0 radical (unpaired) electrons. The van der Waals surface area contributed by atoms with Crippen LogP contribution in [-0.2, 0) is 7.05 Å². The van der Waals surface area contributed by atoms with E-state index < -0.39 is 5.97 Å². The van der Waals surface area contributed by atoms with Gasteiger partial charge in [0.2, 0.25) is 0 Å². The van der Waals surface area contributed by atoms with E-state index in [1.807, 2.05) is 24.3 Å². The fourth-order valence-electron chi connectivity index (χ4n) is 2.24. The fourth-order valence-corrected chi connectivity index (χ4v) is 2.42. The Labute approximate surface area is 114 Å². The standard InChI is InChI=1S/C14H11ClN2O2/c1-17-12(4-5-13(17)14(18)19)11-7-8-6-9(15)2-3-10(8)16-11/h2-7,16H,1H3,(H,18,19). The number of hydrogen-bond acceptors (Lipinski definition) is 1. The first-order chi connectivity index (χ1) is 9.06. The first-order valence-corrected chi connectivity index (χ1v) is 6.12. The van der Waals surface area contributed by atoms with Crippen molar-refractivity contribution in [3.63, 3.8) is 0 Å². The second-order valence-electron chi connectivity index (χ2n) is 4.38. The van der Waals surface area contributed by atoms with Gasteiger partial charge in [0.25, 0.3) is 0 Å². The summed E-state index contributed by atoms with van der Waals surface area (Å²) in [5, 5.41) is 10.7. The molecule has 1 aromatic carbocycles. The number of nitrogens with zero attached hydrogens (tertiary/aromatic N) is 1. The number of carboxylic acid groups (broad SMARTS) is 1. The third-order valence-electron chi connectivity index (χ3n) is 3.20. The molecule has 2 N–H and O–H groups in total. The van der Waals surface area contributed by atoms with E-state index in [1.54, 1.807) is 23.7 Å². The molecule has 0 bridgehead atoms. The maximum atomic E-state index is 11.0. The average Bonchev–Trinajstić information content (AvgIpc) is 2.91. The lowest BCUT2D eigenvalue weighted by Gasteiger charge is -2.02. The lowest BCUT2D eigenvalue weighted by molar-refractivity contribution is 0.0687. The van der Waals surface area contributed by atoms with Gasteiger partial charge in [-0.05, 0) is 36.4 Å². The van der Waals surface area contributed by atoms with Crippen molar-refractivity contribution in [3.8, 4) is 11.4 Å². The van der Waals surface area contributed by atoms with Gasteiger partial charge in [-0.15, -0.1) is 0 Å². The number of aromatic nitrogens is 2. The predicted molar refractivity (Wildman–Crippen MR) is 74.7 cm³/mol. The third kappa shape index (κ3) is 1.90. The van der Waals surface area contributed by atoms with E-state index in [4.69, 9.17) is 16.7 Å². The molecule has 0 spiro atoms. The Bertz CT molecular complexity index is 786. The number of fused-ring (bicyclic) bond motifs is 1. The molecule has 0 saturated carbocycles. The van der Waals surface area contributed by atoms with E-state index in [9.17, 15) is 4.79 Å². The molecule has 2 aromatic heterocycles. The Morgan fingerprint density at radius 2 is 2.05 bits per heavy atom. The highest BCUT2D eigenvalue weighted by Crippen LogP contribution is 2.27. The van der Waals surface area contributed by atoms with Crippen LogP contribution in [0.25, 0.3) is 22.3 Å². The zero-order valence-electron chi connectivity index (χ0n) is 10.1. The van der Waals surface area contributed by atoms with Gasteiger partial charge in [0.05, 0.1) is 11.4 Å². The van der Waals surface area contributed by atoms with Crippen LogP contribution in [0.4, 0.5) is 0 Å². The summed E-state index contributed by atoms with van der Waals surface area (Å²) in [5.41, 5.74) is 2.92. The topological polar surface area (TPSA) is 58.0 Å². The number of benzene rings is 1. The summed E-state index contributed by atoms with van der Waals surface area (Å²) in [5.74, 6) is -0.937. The van der Waals surface area contributed by atoms with Gasteiger partial charge in [-0.3, -0.25) is 0 Å². The largest absolute Gasteiger partial charge is 0.477 e. The number of halogens is 1. The Kier molecular flexibility index (Phi) is 2.61. The molecule has 96 valence electrons. The van der Waals surface area contributed by atoms with Gasteiger partial charge < -0.3 is 14.7 Å². The van der Waals surface area contributed by atoms with E-state index in [2.05, 4.69) is 4.98 Å². The summed E-state index contributed by atoms with van der Waals surface area (Å²) in [6, 6.07) is 10.9. The first kappa shape index (κ1) is 11.9. The minimum atomic E-state index is -0.937. The Morgan fingerprint density at radius 3 is 2.74 bits per heavy atom. The van der Waals surface area contributed by atoms with Gasteiger partial charge in [0, 0.05) is 23.0 Å². The molecule has 0 atom stereocenters. The second kappa shape index (κ2) is 4.17. The number of hydrogen-bond donors (Lipinski definition) is 2. The molecular formula is C14H11ClN2O2. The normalized spacial score (nSPS) is 11.1. The number of nitrogens with one attached hydrogen (secondary N) is 1. The molecule has 0 fully saturated rings. The van der Waals surface area contributed by atoms with Crippen molar-refractivity contribution in [3.05, 3.63) is 47.1 Å². The van der Waals surface area contributed by atoms with Crippen molar-refractivity contribution in [2.24, 2.45) is 7.05 Å². The maximum absolute atomic E-state index is 11.0. The second-order valence-corrected chi connectivity index (χ2v) is 4.82. The summed E-state index contributed by atoms with van der Waals surface area (Å²) in [4.78, 5) is 14.3. The van der Waals surface area contributed by atoms with Gasteiger partial charge in [-0.1, -0.05) is 11.6 Å². The van der Waals surface area contributed by atoms with Crippen molar-refractivity contribution >= 4 is 28.5 Å². The number of H-pyrrole nitrogens is 1. The molecule has 0 saturated heterocycles. The molecule has 3 rings (SSSR count). The van der Waals surface area contributed by atoms with Crippen molar-refractivity contribution in [1.82, 2.24) is 9.55 Å². The number of carbonyl (C=O) groups is 1. The van der Waals surface area contributed by atoms with Gasteiger partial charge in [-0.25, -0.2) is 4.79 Å². The predicted octanol–water partition coefficient (Wildman–Crippen LogP) is 3.53. The van der Waals surface area contributed by atoms with Crippen LogP contribution in [0.15, 0.2) is 36.4 Å². The van der Waals surface area contributed by atoms with Crippen molar-refractivity contribution in [1.29, 1.82) is 0 Å². The van der Waals surface area contributed by atoms with Crippen molar-refractivity contribution in [2.75, 3.05) is 0 Å². The van der Waals surface area contributed by atoms with Crippen LogP contribution in [0.1, 0.15) is 10.5 Å². The fraction of sp³-hybridized carbons (Fsp3) is 0.0714. The van der Waals surface area contributed by atoms with Gasteiger partial charge >= 0.3 is 5.97 Å². The van der Waals surface area contributed by atoms with E-state index in [-0.39, 0.29) is 5.69 Å². The minimum absolute atomic E-state index is 0.256. The van der Waals surface area contributed by atoms with E-state index in [0.29, 0.717) is 5.02 Å². The molecule has 0 amide bonds. The summed E-state index contributed by atoms with van der Waals surface area (Å²) in [7, 11) is 1.73. The zero-order chi connectivity index (χ0) is 13.6. The monoisotopic (exact) mass is 274 g/mol. The van der Waals surface area contributed by atoms with Crippen LogP contribution in [0.2, 0.25) is 5.02 Å². The Balaban J connectivity index is 2.16. The average molecular weight is 275 g/mol. The highest BCUT2D eigenvalue weighted by atomic mass is 35.5. The molecule has 5 heteroatoms. The SMILES string of the molecule is Cn1c(C(=O)O)ccc1-c1cc2cc(Cl)ccc2[nH]1. The van der Waals surface area contributed by atoms with E-state index >= 15 is 0 Å². The number of aromatic carboxylic acids is 1. The van der Waals surface area contributed by atoms with Crippen LogP contribution in [0, 0.1) is 0 Å². The highest BCUT2D eigenvalue weighted by Gasteiger charge is 2.13. The quantitative estimate of drug-likeness (QED) is 0.751. The lowest BCUT2D eigenvalue weighted by Crippen LogP contribution is -2.05. The van der Waals surface area contributed by atoms with Crippen LogP contribution in [0.5, 0.6) is 0 Å². The van der Waals surface area contributed by atoms with Crippen LogP contribution < -0.4 is 0 Å². The van der Waals surface area contributed by atoms with E-state index in [1.165, 1.54) is 0 Å². The molecule has 0 aliphatic heterocycles. The van der Waals surface area contributed by atoms with Gasteiger partial charge in [0.15, 0.2) is 0 Å². The van der Waals surface area contributed by atoms with Crippen LogP contribution in [0.3, 0.4) is 0 Å². The Hall–Kier alpha value is -2.20. The zero-order valence-corrected chi connectivity index (χ0v) is 10.9. The Morgan fingerprint density at radius 1 is 1.26 bits per heavy atom. The first-order valence-electron chi connectivity index (χ1n) is 5.74. The number of carboxylic acids is 1. The number of rotatable bonds is 2. The lowest BCUT2D eigenvalue weighted by atomic mass is 10.2. The molecule has 19 heavy (non-hydrogen) atoms. The molecule has 0 aliphatic rings. The summed E-state index contributed by atoms with van der Waals surface area (Å²) in [6.07, 6.45) is 0. The van der Waals surface area contributed by atoms with E-state index in [0.717, 1.165) is 22.3 Å². The smallest absolute Gasteiger partial charge is 0.352 e.